The van der Waals surface area contributed by atoms with E-state index in [-0.39, 0.29) is 16.7 Å². The van der Waals surface area contributed by atoms with E-state index in [2.05, 4.69) is 15.7 Å². The molecule has 0 unspecified atom stereocenters. The molecule has 0 amide bonds. The Morgan fingerprint density at radius 1 is 1.40 bits per heavy atom. The number of benzene rings is 1. The van der Waals surface area contributed by atoms with Gasteiger partial charge in [0.15, 0.2) is 0 Å². The van der Waals surface area contributed by atoms with Crippen molar-refractivity contribution in [2.24, 2.45) is 10.8 Å². The SMILES string of the molecule is CCCCN=C(NN)Nc1cc(C(F)(F)F)ccc1Cl. The fraction of sp³-hybridized carbons (Fsp3) is 0.417. The van der Waals surface area contributed by atoms with Crippen LogP contribution < -0.4 is 16.6 Å². The largest absolute Gasteiger partial charge is 0.416 e. The molecule has 0 aliphatic heterocycles. The number of hydrazine groups is 1. The molecule has 0 aliphatic carbocycles. The third-order valence-electron chi connectivity index (χ3n) is 2.47. The third kappa shape index (κ3) is 4.90. The smallest absolute Gasteiger partial charge is 0.324 e. The first-order valence-corrected chi connectivity index (χ1v) is 6.41. The van der Waals surface area contributed by atoms with E-state index in [1.807, 2.05) is 6.92 Å². The van der Waals surface area contributed by atoms with Gasteiger partial charge in [-0.3, -0.25) is 10.4 Å². The van der Waals surface area contributed by atoms with Gasteiger partial charge in [0.25, 0.3) is 0 Å². The Morgan fingerprint density at radius 3 is 2.65 bits per heavy atom. The molecule has 1 aromatic rings. The number of nitrogens with zero attached hydrogens (tertiary/aromatic N) is 1. The van der Waals surface area contributed by atoms with Gasteiger partial charge in [-0.1, -0.05) is 24.9 Å². The van der Waals surface area contributed by atoms with Crippen molar-refractivity contribution in [1.82, 2.24) is 5.43 Å². The van der Waals surface area contributed by atoms with Crippen molar-refractivity contribution < 1.29 is 13.2 Å². The van der Waals surface area contributed by atoms with E-state index < -0.39 is 11.7 Å². The molecule has 0 fully saturated rings. The molecule has 112 valence electrons. The van der Waals surface area contributed by atoms with Crippen LogP contribution in [0.1, 0.15) is 25.3 Å². The molecular formula is C12H16ClF3N4. The summed E-state index contributed by atoms with van der Waals surface area (Å²) in [7, 11) is 0. The molecule has 4 nitrogen and oxygen atoms in total. The Balaban J connectivity index is 2.92. The molecule has 0 heterocycles. The minimum Gasteiger partial charge on any atom is -0.324 e. The summed E-state index contributed by atoms with van der Waals surface area (Å²) in [4.78, 5) is 4.09. The van der Waals surface area contributed by atoms with Gasteiger partial charge in [0, 0.05) is 6.54 Å². The van der Waals surface area contributed by atoms with Gasteiger partial charge in [-0.05, 0) is 24.6 Å². The van der Waals surface area contributed by atoms with Gasteiger partial charge >= 0.3 is 6.18 Å². The summed E-state index contributed by atoms with van der Waals surface area (Å²) in [6.45, 7) is 2.52. The topological polar surface area (TPSA) is 62.4 Å². The van der Waals surface area contributed by atoms with E-state index in [1.54, 1.807) is 0 Å². The van der Waals surface area contributed by atoms with Crippen LogP contribution in [-0.2, 0) is 6.18 Å². The number of nitrogens with two attached hydrogens (primary N) is 1. The van der Waals surface area contributed by atoms with Crippen LogP contribution in [0.4, 0.5) is 18.9 Å². The van der Waals surface area contributed by atoms with Gasteiger partial charge in [-0.2, -0.15) is 13.2 Å². The molecular weight excluding hydrogens is 293 g/mol. The highest BCUT2D eigenvalue weighted by Crippen LogP contribution is 2.33. The number of anilines is 1. The minimum atomic E-state index is -4.43. The van der Waals surface area contributed by atoms with Crippen LogP contribution in [0.2, 0.25) is 5.02 Å². The number of guanidine groups is 1. The first kappa shape index (κ1) is 16.6. The molecule has 0 saturated carbocycles. The summed E-state index contributed by atoms with van der Waals surface area (Å²) in [6, 6.07) is 3.00. The Kier molecular flexibility index (Phi) is 6.09. The fourth-order valence-corrected chi connectivity index (χ4v) is 1.56. The second kappa shape index (κ2) is 7.35. The zero-order valence-electron chi connectivity index (χ0n) is 10.9. The van der Waals surface area contributed by atoms with Crippen molar-refractivity contribution in [3.8, 4) is 0 Å². The maximum absolute atomic E-state index is 12.6. The van der Waals surface area contributed by atoms with E-state index in [4.69, 9.17) is 17.4 Å². The van der Waals surface area contributed by atoms with E-state index in [1.165, 1.54) is 6.07 Å². The van der Waals surface area contributed by atoms with Crippen molar-refractivity contribution in [3.63, 3.8) is 0 Å². The normalized spacial score (nSPS) is 12.4. The van der Waals surface area contributed by atoms with E-state index in [0.717, 1.165) is 25.0 Å². The van der Waals surface area contributed by atoms with Crippen LogP contribution >= 0.6 is 11.6 Å². The second-order valence-corrected chi connectivity index (χ2v) is 4.45. The van der Waals surface area contributed by atoms with Crippen LogP contribution in [0.25, 0.3) is 0 Å². The van der Waals surface area contributed by atoms with Crippen molar-refractivity contribution in [2.75, 3.05) is 11.9 Å². The number of rotatable bonds is 4. The lowest BCUT2D eigenvalue weighted by atomic mass is 10.2. The van der Waals surface area contributed by atoms with E-state index in [0.29, 0.717) is 6.54 Å². The van der Waals surface area contributed by atoms with E-state index in [9.17, 15) is 13.2 Å². The molecule has 1 rings (SSSR count). The molecule has 4 N–H and O–H groups in total. The van der Waals surface area contributed by atoms with Gasteiger partial charge < -0.3 is 5.32 Å². The Labute approximate surface area is 120 Å². The maximum Gasteiger partial charge on any atom is 0.416 e. The first-order valence-electron chi connectivity index (χ1n) is 6.03. The Hall–Kier alpha value is -1.47. The van der Waals surface area contributed by atoms with Gasteiger partial charge in [0.05, 0.1) is 16.3 Å². The van der Waals surface area contributed by atoms with Crippen LogP contribution in [0.3, 0.4) is 0 Å². The summed E-state index contributed by atoms with van der Waals surface area (Å²) in [6.07, 6.45) is -2.63. The number of hydrogen-bond donors (Lipinski definition) is 3. The average Bonchev–Trinajstić information content (AvgIpc) is 2.38. The Bertz CT molecular complexity index is 474. The van der Waals surface area contributed by atoms with Crippen LogP contribution in [0.5, 0.6) is 0 Å². The molecule has 8 heteroatoms. The van der Waals surface area contributed by atoms with Crippen LogP contribution in [0, 0.1) is 0 Å². The highest BCUT2D eigenvalue weighted by molar-refractivity contribution is 6.33. The lowest BCUT2D eigenvalue weighted by molar-refractivity contribution is -0.137. The van der Waals surface area contributed by atoms with Gasteiger partial charge in [0.1, 0.15) is 0 Å². The number of unbranched alkanes of at least 4 members (excludes halogenated alkanes) is 1. The average molecular weight is 309 g/mol. The van der Waals surface area contributed by atoms with Crippen molar-refractivity contribution >= 4 is 23.2 Å². The quantitative estimate of drug-likeness (QED) is 0.263. The standard InChI is InChI=1S/C12H16ClF3N4/c1-2-3-6-18-11(20-17)19-10-7-8(12(14,15)16)4-5-9(10)13/h4-5,7H,2-3,6,17H2,1H3,(H2,18,19,20). The lowest BCUT2D eigenvalue weighted by Crippen LogP contribution is -2.36. The molecule has 0 aromatic heterocycles. The number of nitrogens with one attached hydrogen (secondary N) is 2. The summed E-state index contributed by atoms with van der Waals surface area (Å²) < 4.78 is 37.9. The number of hydrogen-bond acceptors (Lipinski definition) is 2. The van der Waals surface area contributed by atoms with Crippen molar-refractivity contribution in [2.45, 2.75) is 25.9 Å². The fourth-order valence-electron chi connectivity index (χ4n) is 1.40. The predicted octanol–water partition coefficient (Wildman–Crippen LogP) is 3.39. The Morgan fingerprint density at radius 2 is 2.10 bits per heavy atom. The van der Waals surface area contributed by atoms with Crippen molar-refractivity contribution in [3.05, 3.63) is 28.8 Å². The van der Waals surface area contributed by atoms with E-state index >= 15 is 0 Å². The zero-order chi connectivity index (χ0) is 15.2. The summed E-state index contributed by atoms with van der Waals surface area (Å²) >= 11 is 5.86. The van der Waals surface area contributed by atoms with Gasteiger partial charge in [0.2, 0.25) is 5.96 Å². The summed E-state index contributed by atoms with van der Waals surface area (Å²) in [5, 5.41) is 2.80. The predicted molar refractivity (Wildman–Crippen MR) is 74.6 cm³/mol. The zero-order valence-corrected chi connectivity index (χ0v) is 11.6. The molecule has 20 heavy (non-hydrogen) atoms. The monoisotopic (exact) mass is 308 g/mol. The molecule has 0 saturated heterocycles. The molecule has 0 bridgehead atoms. The highest BCUT2D eigenvalue weighted by Gasteiger charge is 2.31. The maximum atomic E-state index is 12.6. The number of alkyl halides is 3. The van der Waals surface area contributed by atoms with Crippen LogP contribution in [0.15, 0.2) is 23.2 Å². The minimum absolute atomic E-state index is 0.0923. The highest BCUT2D eigenvalue weighted by atomic mass is 35.5. The molecule has 0 atom stereocenters. The summed E-state index contributed by atoms with van der Waals surface area (Å²) in [5.74, 6) is 5.43. The molecule has 1 aromatic carbocycles. The summed E-state index contributed by atoms with van der Waals surface area (Å²) in [5.41, 5.74) is 1.59. The van der Waals surface area contributed by atoms with Crippen LogP contribution in [-0.4, -0.2) is 12.5 Å². The van der Waals surface area contributed by atoms with Gasteiger partial charge in [-0.15, -0.1) is 0 Å². The molecule has 0 aliphatic rings. The molecule has 0 spiro atoms. The molecule has 0 radical (unpaired) electrons. The van der Waals surface area contributed by atoms with Crippen molar-refractivity contribution in [1.29, 1.82) is 0 Å². The third-order valence-corrected chi connectivity index (χ3v) is 2.79. The number of aliphatic imine (C=N–C) groups is 1. The van der Waals surface area contributed by atoms with Gasteiger partial charge in [-0.25, -0.2) is 5.84 Å². The number of halogens is 4. The second-order valence-electron chi connectivity index (χ2n) is 4.05. The lowest BCUT2D eigenvalue weighted by Gasteiger charge is -2.13. The first-order chi connectivity index (χ1) is 9.38.